The molecule has 2 atom stereocenters. The van der Waals surface area contributed by atoms with Crippen LogP contribution in [-0.4, -0.2) is 34.0 Å². The number of ether oxygens (including phenoxy) is 1. The van der Waals surface area contributed by atoms with E-state index >= 15 is 0 Å². The second-order valence-corrected chi connectivity index (χ2v) is 6.06. The number of anilines is 2. The van der Waals surface area contributed by atoms with E-state index in [0.29, 0.717) is 0 Å². The minimum Gasteiger partial charge on any atom is -0.448 e. The Morgan fingerprint density at radius 3 is 2.76 bits per heavy atom. The summed E-state index contributed by atoms with van der Waals surface area (Å²) >= 11 is 0. The van der Waals surface area contributed by atoms with Crippen LogP contribution in [0.5, 0.6) is 0 Å². The molecular weight excluding hydrogens is 320 g/mol. The average molecular weight is 340 g/mol. The fourth-order valence-corrected chi connectivity index (χ4v) is 2.99. The first-order valence-electron chi connectivity index (χ1n) is 8.17. The molecule has 25 heavy (non-hydrogen) atoms. The van der Waals surface area contributed by atoms with Gasteiger partial charge in [0.15, 0.2) is 17.6 Å². The van der Waals surface area contributed by atoms with Crippen LogP contribution in [0.1, 0.15) is 36.3 Å². The van der Waals surface area contributed by atoms with Crippen LogP contribution in [0.25, 0.3) is 0 Å². The molecule has 7 heteroatoms. The van der Waals surface area contributed by atoms with Gasteiger partial charge in [0, 0.05) is 24.1 Å². The van der Waals surface area contributed by atoms with Crippen molar-refractivity contribution in [3.63, 3.8) is 0 Å². The smallest absolute Gasteiger partial charge is 0.361 e. The fraction of sp³-hybridized carbons (Fsp3) is 0.333. The number of hydrogen-bond acceptors (Lipinski definition) is 6. The van der Waals surface area contributed by atoms with Crippen molar-refractivity contribution in [3.05, 3.63) is 47.9 Å². The first-order chi connectivity index (χ1) is 12.0. The summed E-state index contributed by atoms with van der Waals surface area (Å²) in [6.45, 7) is 3.54. The summed E-state index contributed by atoms with van der Waals surface area (Å²) in [5, 5.41) is 0. The molecule has 1 aliphatic rings. The molecule has 1 aliphatic heterocycles. The molecule has 0 spiro atoms. The number of nitrogens with zero attached hydrogens (tertiary/aromatic N) is 3. The predicted molar refractivity (Wildman–Crippen MR) is 93.0 cm³/mol. The lowest BCUT2D eigenvalue weighted by molar-refractivity contribution is -0.127. The molecule has 1 aromatic carbocycles. The first kappa shape index (κ1) is 16.9. The summed E-state index contributed by atoms with van der Waals surface area (Å²) in [4.78, 5) is 34.5. The number of carbonyl (C=O) groups excluding carboxylic acids is 2. The van der Waals surface area contributed by atoms with Gasteiger partial charge in [0.05, 0.1) is 0 Å². The van der Waals surface area contributed by atoms with Crippen LogP contribution in [0.4, 0.5) is 11.5 Å². The van der Waals surface area contributed by atoms with E-state index in [1.807, 2.05) is 31.2 Å². The van der Waals surface area contributed by atoms with Crippen LogP contribution in [-0.2, 0) is 16.0 Å². The zero-order valence-corrected chi connectivity index (χ0v) is 14.2. The largest absolute Gasteiger partial charge is 0.448 e. The molecule has 0 bridgehead atoms. The van der Waals surface area contributed by atoms with E-state index in [0.717, 1.165) is 24.1 Å². The summed E-state index contributed by atoms with van der Waals surface area (Å²) in [7, 11) is 0. The predicted octanol–water partition coefficient (Wildman–Crippen LogP) is 1.97. The highest BCUT2D eigenvalue weighted by molar-refractivity contribution is 6.00. The molecule has 1 amide bonds. The number of carbonyl (C=O) groups is 2. The van der Waals surface area contributed by atoms with Crippen LogP contribution in [0.2, 0.25) is 0 Å². The van der Waals surface area contributed by atoms with E-state index < -0.39 is 12.1 Å². The van der Waals surface area contributed by atoms with E-state index in [1.54, 1.807) is 11.8 Å². The van der Waals surface area contributed by atoms with Gasteiger partial charge in [-0.15, -0.1) is 0 Å². The lowest BCUT2D eigenvalue weighted by Crippen LogP contribution is -2.47. The average Bonchev–Trinajstić information content (AvgIpc) is 2.61. The molecule has 1 aromatic heterocycles. The van der Waals surface area contributed by atoms with Gasteiger partial charge in [-0.3, -0.25) is 4.79 Å². The third kappa shape index (κ3) is 3.31. The third-order valence-electron chi connectivity index (χ3n) is 4.31. The second kappa shape index (κ2) is 6.88. The Bertz CT molecular complexity index is 808. The zero-order chi connectivity index (χ0) is 18.0. The van der Waals surface area contributed by atoms with Crippen LogP contribution in [0.15, 0.2) is 36.7 Å². The number of fused-ring (bicyclic) bond motifs is 1. The summed E-state index contributed by atoms with van der Waals surface area (Å²) in [6, 6.07) is 7.81. The highest BCUT2D eigenvalue weighted by atomic mass is 16.5. The van der Waals surface area contributed by atoms with Crippen molar-refractivity contribution in [3.8, 4) is 0 Å². The van der Waals surface area contributed by atoms with Crippen LogP contribution in [0, 0.1) is 0 Å². The highest BCUT2D eigenvalue weighted by Crippen LogP contribution is 2.31. The molecule has 0 fully saturated rings. The van der Waals surface area contributed by atoms with E-state index in [4.69, 9.17) is 10.5 Å². The third-order valence-corrected chi connectivity index (χ3v) is 4.31. The SMILES string of the molecule is C[C@H](OC(=O)c1nccnc1N)C(=O)N1c2ccccc2CC[C@H]1C. The minimum absolute atomic E-state index is 0.0242. The molecule has 130 valence electrons. The molecule has 0 aliphatic carbocycles. The number of benzene rings is 1. The number of para-hydroxylation sites is 1. The molecule has 0 radical (unpaired) electrons. The minimum atomic E-state index is -0.956. The summed E-state index contributed by atoms with van der Waals surface area (Å²) in [5.41, 5.74) is 7.53. The molecular formula is C18H20N4O3. The van der Waals surface area contributed by atoms with E-state index in [2.05, 4.69) is 9.97 Å². The number of esters is 1. The standard InChI is InChI=1S/C18H20N4O3/c1-11-7-8-13-5-3-4-6-14(13)22(11)17(23)12(2)25-18(24)15-16(19)21-10-9-20-15/h3-6,9-12H,7-8H2,1-2H3,(H2,19,21)/t11-,12+/m1/s1. The number of nitrogens with two attached hydrogens (primary N) is 1. The van der Waals surface area contributed by atoms with Gasteiger partial charge in [-0.1, -0.05) is 18.2 Å². The van der Waals surface area contributed by atoms with Crippen molar-refractivity contribution in [2.75, 3.05) is 10.6 Å². The number of rotatable bonds is 3. The van der Waals surface area contributed by atoms with Gasteiger partial charge in [0.1, 0.15) is 0 Å². The number of aryl methyl sites for hydroxylation is 1. The molecule has 2 heterocycles. The lowest BCUT2D eigenvalue weighted by Gasteiger charge is -2.36. The molecule has 2 aromatic rings. The molecule has 0 unspecified atom stereocenters. The van der Waals surface area contributed by atoms with Crippen LogP contribution < -0.4 is 10.6 Å². The summed E-state index contributed by atoms with van der Waals surface area (Å²) in [5.74, 6) is -1.05. The van der Waals surface area contributed by atoms with Gasteiger partial charge in [0.25, 0.3) is 5.91 Å². The van der Waals surface area contributed by atoms with Crippen molar-refractivity contribution >= 4 is 23.4 Å². The van der Waals surface area contributed by atoms with Gasteiger partial charge in [0.2, 0.25) is 0 Å². The van der Waals surface area contributed by atoms with Gasteiger partial charge < -0.3 is 15.4 Å². The van der Waals surface area contributed by atoms with Crippen LogP contribution >= 0.6 is 0 Å². The van der Waals surface area contributed by atoms with Crippen LogP contribution in [0.3, 0.4) is 0 Å². The van der Waals surface area contributed by atoms with Crippen molar-refractivity contribution < 1.29 is 14.3 Å². The number of nitrogen functional groups attached to an aromatic ring is 1. The quantitative estimate of drug-likeness (QED) is 0.858. The van der Waals surface area contributed by atoms with Crippen molar-refractivity contribution in [2.24, 2.45) is 0 Å². The van der Waals surface area contributed by atoms with Crippen molar-refractivity contribution in [1.29, 1.82) is 0 Å². The Morgan fingerprint density at radius 2 is 2.00 bits per heavy atom. The maximum absolute atomic E-state index is 12.9. The Morgan fingerprint density at radius 1 is 1.28 bits per heavy atom. The van der Waals surface area contributed by atoms with Gasteiger partial charge in [-0.05, 0) is 38.3 Å². The Kier molecular flexibility index (Phi) is 4.65. The van der Waals surface area contributed by atoms with Crippen molar-refractivity contribution in [1.82, 2.24) is 9.97 Å². The molecule has 0 saturated heterocycles. The highest BCUT2D eigenvalue weighted by Gasteiger charge is 2.33. The molecule has 7 nitrogen and oxygen atoms in total. The molecule has 0 saturated carbocycles. The normalized spacial score (nSPS) is 17.5. The van der Waals surface area contributed by atoms with E-state index in [-0.39, 0.29) is 23.5 Å². The summed E-state index contributed by atoms with van der Waals surface area (Å²) in [6.07, 6.45) is 3.56. The van der Waals surface area contributed by atoms with Gasteiger partial charge >= 0.3 is 5.97 Å². The topological polar surface area (TPSA) is 98.4 Å². The first-order valence-corrected chi connectivity index (χ1v) is 8.17. The monoisotopic (exact) mass is 340 g/mol. The van der Waals surface area contributed by atoms with Gasteiger partial charge in [-0.2, -0.15) is 0 Å². The number of hydrogen-bond donors (Lipinski definition) is 1. The maximum atomic E-state index is 12.9. The molecule has 3 rings (SSSR count). The summed E-state index contributed by atoms with van der Waals surface area (Å²) < 4.78 is 5.28. The lowest BCUT2D eigenvalue weighted by atomic mass is 9.96. The van der Waals surface area contributed by atoms with Crippen molar-refractivity contribution in [2.45, 2.75) is 38.8 Å². The number of amides is 1. The Labute approximate surface area is 145 Å². The fourth-order valence-electron chi connectivity index (χ4n) is 2.99. The Hall–Kier alpha value is -2.96. The zero-order valence-electron chi connectivity index (χ0n) is 14.2. The Balaban J connectivity index is 1.79. The van der Waals surface area contributed by atoms with E-state index in [9.17, 15) is 9.59 Å². The second-order valence-electron chi connectivity index (χ2n) is 6.06. The molecule has 2 N–H and O–H groups in total. The van der Waals surface area contributed by atoms with Gasteiger partial charge in [-0.25, -0.2) is 14.8 Å². The van der Waals surface area contributed by atoms with E-state index in [1.165, 1.54) is 12.4 Å². The maximum Gasteiger partial charge on any atom is 0.361 e. The number of aromatic nitrogens is 2.